The van der Waals surface area contributed by atoms with Gasteiger partial charge in [-0.05, 0) is 44.5 Å². The summed E-state index contributed by atoms with van der Waals surface area (Å²) < 4.78 is 15.7. The highest BCUT2D eigenvalue weighted by molar-refractivity contribution is 5.97. The fourth-order valence-electron chi connectivity index (χ4n) is 1.45. The summed E-state index contributed by atoms with van der Waals surface area (Å²) in [6.45, 7) is 4.57. The number of hydrogen-bond acceptors (Lipinski definition) is 4. The Bertz CT molecular complexity index is 395. The van der Waals surface area contributed by atoms with Crippen molar-refractivity contribution in [3.63, 3.8) is 0 Å². The van der Waals surface area contributed by atoms with E-state index in [9.17, 15) is 4.79 Å². The molecule has 0 bridgehead atoms. The molecular weight excluding hydrogens is 244 g/mol. The maximum Gasteiger partial charge on any atom is 0.188 e. The Morgan fingerprint density at radius 2 is 1.79 bits per heavy atom. The quantitative estimate of drug-likeness (QED) is 0.536. The summed E-state index contributed by atoms with van der Waals surface area (Å²) in [6.07, 6.45) is 0.749. The second kappa shape index (κ2) is 7.26. The number of benzene rings is 1. The first-order chi connectivity index (χ1) is 8.98. The number of rotatable bonds is 8. The van der Waals surface area contributed by atoms with Gasteiger partial charge in [-0.1, -0.05) is 0 Å². The summed E-state index contributed by atoms with van der Waals surface area (Å²) in [7, 11) is 3.26. The lowest BCUT2D eigenvalue weighted by molar-refractivity contribution is -0.00837. The van der Waals surface area contributed by atoms with Gasteiger partial charge in [-0.3, -0.25) is 4.79 Å². The van der Waals surface area contributed by atoms with Gasteiger partial charge in [0.05, 0.1) is 12.7 Å². The second-order valence-corrected chi connectivity index (χ2v) is 4.92. The molecule has 106 valence electrons. The summed E-state index contributed by atoms with van der Waals surface area (Å²) >= 11 is 0. The molecule has 0 spiro atoms. The molecule has 0 radical (unpaired) electrons. The van der Waals surface area contributed by atoms with Crippen LogP contribution in [0.15, 0.2) is 24.3 Å². The van der Waals surface area contributed by atoms with Crippen LogP contribution in [0.2, 0.25) is 0 Å². The van der Waals surface area contributed by atoms with Gasteiger partial charge in [-0.15, -0.1) is 0 Å². The van der Waals surface area contributed by atoms with Crippen LogP contribution in [0.25, 0.3) is 0 Å². The van der Waals surface area contributed by atoms with E-state index in [1.54, 1.807) is 38.5 Å². The highest BCUT2D eigenvalue weighted by Gasteiger charge is 2.16. The van der Waals surface area contributed by atoms with Crippen LogP contribution in [-0.4, -0.2) is 38.8 Å². The molecule has 4 nitrogen and oxygen atoms in total. The van der Waals surface area contributed by atoms with E-state index in [0.717, 1.165) is 12.2 Å². The molecule has 0 aliphatic carbocycles. The second-order valence-electron chi connectivity index (χ2n) is 4.92. The zero-order valence-electron chi connectivity index (χ0n) is 12.1. The third-order valence-corrected chi connectivity index (χ3v) is 3.05. The number of ketones is 1. The summed E-state index contributed by atoms with van der Waals surface area (Å²) in [5.41, 5.74) is 0.412. The lowest BCUT2D eigenvalue weighted by Crippen LogP contribution is -2.25. The first-order valence-corrected chi connectivity index (χ1v) is 6.28. The van der Waals surface area contributed by atoms with Gasteiger partial charge in [0.1, 0.15) is 12.4 Å². The molecule has 0 heterocycles. The smallest absolute Gasteiger partial charge is 0.188 e. The van der Waals surface area contributed by atoms with Crippen LogP contribution < -0.4 is 4.74 Å². The maximum absolute atomic E-state index is 11.8. The van der Waals surface area contributed by atoms with Crippen molar-refractivity contribution < 1.29 is 19.0 Å². The molecule has 0 aromatic heterocycles. The minimum Gasteiger partial charge on any atom is -0.497 e. The summed E-state index contributed by atoms with van der Waals surface area (Å²) in [4.78, 5) is 11.8. The predicted molar refractivity (Wildman–Crippen MR) is 73.8 cm³/mol. The Morgan fingerprint density at radius 1 is 1.16 bits per heavy atom. The zero-order chi connectivity index (χ0) is 14.3. The van der Waals surface area contributed by atoms with E-state index in [1.807, 2.05) is 13.8 Å². The largest absolute Gasteiger partial charge is 0.497 e. The molecular formula is C15H22O4. The zero-order valence-corrected chi connectivity index (χ0v) is 12.1. The highest BCUT2D eigenvalue weighted by Crippen LogP contribution is 2.14. The van der Waals surface area contributed by atoms with Gasteiger partial charge in [0.15, 0.2) is 5.78 Å². The molecule has 4 heteroatoms. The van der Waals surface area contributed by atoms with Crippen LogP contribution in [0.3, 0.4) is 0 Å². The SMILES string of the molecule is COc1ccc(C(=O)COCCC(C)(C)OC)cc1. The summed E-state index contributed by atoms with van der Waals surface area (Å²) in [5, 5.41) is 0. The van der Waals surface area contributed by atoms with Crippen LogP contribution in [0.5, 0.6) is 5.75 Å². The fourth-order valence-corrected chi connectivity index (χ4v) is 1.45. The first kappa shape index (κ1) is 15.7. The third kappa shape index (κ3) is 5.41. The van der Waals surface area contributed by atoms with Crippen molar-refractivity contribution >= 4 is 5.78 Å². The molecule has 1 aromatic rings. The Kier molecular flexibility index (Phi) is 5.99. The number of hydrogen-bond donors (Lipinski definition) is 0. The molecule has 0 aliphatic heterocycles. The van der Waals surface area contributed by atoms with Crippen LogP contribution in [-0.2, 0) is 9.47 Å². The average molecular weight is 266 g/mol. The summed E-state index contributed by atoms with van der Waals surface area (Å²) in [6, 6.07) is 7.01. The van der Waals surface area contributed by atoms with E-state index >= 15 is 0 Å². The minimum absolute atomic E-state index is 0.0297. The lowest BCUT2D eigenvalue weighted by atomic mass is 10.1. The lowest BCUT2D eigenvalue weighted by Gasteiger charge is -2.22. The van der Waals surface area contributed by atoms with Gasteiger partial charge in [0, 0.05) is 19.3 Å². The molecule has 0 unspecified atom stereocenters. The van der Waals surface area contributed by atoms with Crippen molar-refractivity contribution in [3.8, 4) is 5.75 Å². The van der Waals surface area contributed by atoms with Gasteiger partial charge in [-0.2, -0.15) is 0 Å². The average Bonchev–Trinajstić information content (AvgIpc) is 2.43. The molecule has 0 aliphatic rings. The van der Waals surface area contributed by atoms with Crippen molar-refractivity contribution in [2.45, 2.75) is 25.9 Å². The van der Waals surface area contributed by atoms with Crippen molar-refractivity contribution in [3.05, 3.63) is 29.8 Å². The predicted octanol–water partition coefficient (Wildman–Crippen LogP) is 2.71. The Hall–Kier alpha value is -1.39. The molecule has 0 fully saturated rings. The van der Waals surface area contributed by atoms with Gasteiger partial charge >= 0.3 is 0 Å². The molecule has 0 saturated heterocycles. The van der Waals surface area contributed by atoms with Gasteiger partial charge < -0.3 is 14.2 Å². The monoisotopic (exact) mass is 266 g/mol. The summed E-state index contributed by atoms with van der Waals surface area (Å²) in [5.74, 6) is 0.706. The van der Waals surface area contributed by atoms with E-state index in [4.69, 9.17) is 14.2 Å². The van der Waals surface area contributed by atoms with E-state index < -0.39 is 0 Å². The standard InChI is InChI=1S/C15H22O4/c1-15(2,18-4)9-10-19-11-14(16)12-5-7-13(17-3)8-6-12/h5-8H,9-11H2,1-4H3. The molecule has 0 atom stereocenters. The van der Waals surface area contributed by atoms with Gasteiger partial charge in [0.2, 0.25) is 0 Å². The number of carbonyl (C=O) groups excluding carboxylic acids is 1. The maximum atomic E-state index is 11.8. The number of carbonyl (C=O) groups is 1. The molecule has 19 heavy (non-hydrogen) atoms. The van der Waals surface area contributed by atoms with E-state index in [0.29, 0.717) is 12.2 Å². The van der Waals surface area contributed by atoms with Crippen LogP contribution in [0, 0.1) is 0 Å². The normalized spacial score (nSPS) is 11.4. The minimum atomic E-state index is -0.219. The van der Waals surface area contributed by atoms with Crippen LogP contribution in [0.4, 0.5) is 0 Å². The third-order valence-electron chi connectivity index (χ3n) is 3.05. The molecule has 1 rings (SSSR count). The topological polar surface area (TPSA) is 44.8 Å². The molecule has 0 saturated carbocycles. The van der Waals surface area contributed by atoms with Crippen LogP contribution in [0.1, 0.15) is 30.6 Å². The van der Waals surface area contributed by atoms with Crippen molar-refractivity contribution in [1.82, 2.24) is 0 Å². The fraction of sp³-hybridized carbons (Fsp3) is 0.533. The highest BCUT2D eigenvalue weighted by atomic mass is 16.5. The number of methoxy groups -OCH3 is 2. The van der Waals surface area contributed by atoms with Gasteiger partial charge in [-0.25, -0.2) is 0 Å². The molecule has 1 aromatic carbocycles. The molecule has 0 N–H and O–H groups in total. The number of Topliss-reactive ketones (excluding diaryl/α,β-unsaturated/α-hetero) is 1. The van der Waals surface area contributed by atoms with E-state index in [-0.39, 0.29) is 18.0 Å². The number of ether oxygens (including phenoxy) is 3. The van der Waals surface area contributed by atoms with Crippen LogP contribution >= 0.6 is 0 Å². The van der Waals surface area contributed by atoms with Gasteiger partial charge in [0.25, 0.3) is 0 Å². The Balaban J connectivity index is 2.35. The van der Waals surface area contributed by atoms with Crippen molar-refractivity contribution in [2.24, 2.45) is 0 Å². The molecule has 0 amide bonds. The Labute approximate surface area is 114 Å². The van der Waals surface area contributed by atoms with Crippen molar-refractivity contribution in [2.75, 3.05) is 27.4 Å². The van der Waals surface area contributed by atoms with E-state index in [2.05, 4.69) is 0 Å². The van der Waals surface area contributed by atoms with Crippen molar-refractivity contribution in [1.29, 1.82) is 0 Å². The first-order valence-electron chi connectivity index (χ1n) is 6.28. The Morgan fingerprint density at radius 3 is 2.32 bits per heavy atom. The van der Waals surface area contributed by atoms with E-state index in [1.165, 1.54) is 0 Å².